The van der Waals surface area contributed by atoms with Crippen molar-refractivity contribution in [3.8, 4) is 6.07 Å². The molecule has 0 aromatic heterocycles. The van der Waals surface area contributed by atoms with Crippen molar-refractivity contribution in [2.45, 2.75) is 26.3 Å². The highest BCUT2D eigenvalue weighted by molar-refractivity contribution is 5.92. The van der Waals surface area contributed by atoms with Gasteiger partial charge < -0.3 is 10.6 Å². The summed E-state index contributed by atoms with van der Waals surface area (Å²) in [5.74, 6) is -0.0901. The van der Waals surface area contributed by atoms with Crippen LogP contribution in [0.3, 0.4) is 0 Å². The summed E-state index contributed by atoms with van der Waals surface area (Å²) in [6, 6.07) is 9.46. The first kappa shape index (κ1) is 14.8. The molecule has 0 spiro atoms. The lowest BCUT2D eigenvalue weighted by molar-refractivity contribution is -0.127. The van der Waals surface area contributed by atoms with Crippen LogP contribution in [0.25, 0.3) is 6.08 Å². The molecule has 0 saturated heterocycles. The summed E-state index contributed by atoms with van der Waals surface area (Å²) in [6.07, 6.45) is 3.60. The molecule has 1 rings (SSSR count). The van der Waals surface area contributed by atoms with Gasteiger partial charge in [-0.1, -0.05) is 12.1 Å². The van der Waals surface area contributed by atoms with Crippen LogP contribution in [0.2, 0.25) is 0 Å². The fourth-order valence-corrected chi connectivity index (χ4v) is 1.72. The third kappa shape index (κ3) is 4.84. The van der Waals surface area contributed by atoms with Gasteiger partial charge in [-0.3, -0.25) is 4.79 Å². The van der Waals surface area contributed by atoms with Crippen LogP contribution in [0, 0.1) is 11.3 Å². The van der Waals surface area contributed by atoms with Crippen molar-refractivity contribution in [1.82, 2.24) is 4.90 Å². The predicted octanol–water partition coefficient (Wildman–Crippen LogP) is 2.43. The molecule has 19 heavy (non-hydrogen) atoms. The van der Waals surface area contributed by atoms with Gasteiger partial charge in [0.05, 0.1) is 12.5 Å². The standard InChI is InChI=1S/C15H19N3O/c1-12(2)18(10-4-9-16)15(19)8-7-13-5-3-6-14(17)11-13/h3,5-8,11-12H,4,10,17H2,1-2H3/b8-7+. The summed E-state index contributed by atoms with van der Waals surface area (Å²) in [4.78, 5) is 13.7. The van der Waals surface area contributed by atoms with Crippen molar-refractivity contribution in [1.29, 1.82) is 5.26 Å². The Balaban J connectivity index is 2.73. The van der Waals surface area contributed by atoms with E-state index in [9.17, 15) is 4.79 Å². The van der Waals surface area contributed by atoms with Crippen molar-refractivity contribution in [3.05, 3.63) is 35.9 Å². The lowest BCUT2D eigenvalue weighted by Gasteiger charge is -2.24. The van der Waals surface area contributed by atoms with Crippen LogP contribution >= 0.6 is 0 Å². The number of carbonyl (C=O) groups excluding carboxylic acids is 1. The summed E-state index contributed by atoms with van der Waals surface area (Å²) < 4.78 is 0. The molecule has 1 aromatic carbocycles. The van der Waals surface area contributed by atoms with E-state index in [0.29, 0.717) is 18.7 Å². The minimum absolute atomic E-state index is 0.0753. The molecule has 0 atom stereocenters. The summed E-state index contributed by atoms with van der Waals surface area (Å²) >= 11 is 0. The molecule has 0 aliphatic carbocycles. The molecule has 0 unspecified atom stereocenters. The zero-order valence-corrected chi connectivity index (χ0v) is 11.3. The maximum Gasteiger partial charge on any atom is 0.246 e. The van der Waals surface area contributed by atoms with E-state index in [1.165, 1.54) is 6.08 Å². The number of anilines is 1. The maximum absolute atomic E-state index is 12.0. The smallest absolute Gasteiger partial charge is 0.246 e. The van der Waals surface area contributed by atoms with E-state index in [-0.39, 0.29) is 11.9 Å². The van der Waals surface area contributed by atoms with Gasteiger partial charge >= 0.3 is 0 Å². The lowest BCUT2D eigenvalue weighted by Crippen LogP contribution is -2.36. The van der Waals surface area contributed by atoms with Gasteiger partial charge in [0.15, 0.2) is 0 Å². The fourth-order valence-electron chi connectivity index (χ4n) is 1.72. The molecule has 4 nitrogen and oxygen atoms in total. The fraction of sp³-hybridized carbons (Fsp3) is 0.333. The van der Waals surface area contributed by atoms with Gasteiger partial charge in [0.1, 0.15) is 0 Å². The van der Waals surface area contributed by atoms with Gasteiger partial charge in [0.2, 0.25) is 5.91 Å². The first-order valence-corrected chi connectivity index (χ1v) is 6.25. The molecule has 0 saturated carbocycles. The molecule has 1 amide bonds. The van der Waals surface area contributed by atoms with Crippen molar-refractivity contribution >= 4 is 17.7 Å². The second-order valence-electron chi connectivity index (χ2n) is 4.54. The van der Waals surface area contributed by atoms with Crippen molar-refractivity contribution in [2.24, 2.45) is 0 Å². The number of hydrogen-bond acceptors (Lipinski definition) is 3. The largest absolute Gasteiger partial charge is 0.399 e. The van der Waals surface area contributed by atoms with Gasteiger partial charge in [0, 0.05) is 24.4 Å². The van der Waals surface area contributed by atoms with E-state index in [2.05, 4.69) is 6.07 Å². The minimum atomic E-state index is -0.0901. The average Bonchev–Trinajstić information content (AvgIpc) is 2.36. The Morgan fingerprint density at radius 1 is 1.53 bits per heavy atom. The zero-order chi connectivity index (χ0) is 14.3. The quantitative estimate of drug-likeness (QED) is 0.650. The van der Waals surface area contributed by atoms with Crippen LogP contribution in [0.15, 0.2) is 30.3 Å². The van der Waals surface area contributed by atoms with Crippen LogP contribution in [0.4, 0.5) is 5.69 Å². The molecule has 1 aromatic rings. The van der Waals surface area contributed by atoms with E-state index in [1.807, 2.05) is 26.0 Å². The Kier molecular flexibility index (Phi) is 5.62. The van der Waals surface area contributed by atoms with E-state index < -0.39 is 0 Å². The van der Waals surface area contributed by atoms with E-state index in [1.54, 1.807) is 23.1 Å². The number of benzene rings is 1. The topological polar surface area (TPSA) is 70.1 Å². The van der Waals surface area contributed by atoms with E-state index in [0.717, 1.165) is 5.56 Å². The maximum atomic E-state index is 12.0. The monoisotopic (exact) mass is 257 g/mol. The minimum Gasteiger partial charge on any atom is -0.399 e. The molecule has 0 fully saturated rings. The number of nitriles is 1. The van der Waals surface area contributed by atoms with E-state index in [4.69, 9.17) is 11.0 Å². The first-order valence-electron chi connectivity index (χ1n) is 6.25. The molecule has 2 N–H and O–H groups in total. The Labute approximate surface area is 114 Å². The lowest BCUT2D eigenvalue weighted by atomic mass is 10.2. The summed E-state index contributed by atoms with van der Waals surface area (Å²) in [5, 5.41) is 8.60. The Bertz CT molecular complexity index is 500. The van der Waals surface area contributed by atoms with E-state index >= 15 is 0 Å². The number of hydrogen-bond donors (Lipinski definition) is 1. The molecule has 0 radical (unpaired) electrons. The van der Waals surface area contributed by atoms with Crippen molar-refractivity contribution < 1.29 is 4.79 Å². The number of amides is 1. The third-order valence-electron chi connectivity index (χ3n) is 2.70. The van der Waals surface area contributed by atoms with Crippen molar-refractivity contribution in [2.75, 3.05) is 12.3 Å². The first-order chi connectivity index (χ1) is 9.04. The molecule has 100 valence electrons. The number of nitrogens with two attached hydrogens (primary N) is 1. The average molecular weight is 257 g/mol. The van der Waals surface area contributed by atoms with Gasteiger partial charge in [-0.25, -0.2) is 0 Å². The number of nitrogen functional groups attached to an aromatic ring is 1. The number of carbonyl (C=O) groups is 1. The van der Waals surface area contributed by atoms with Crippen LogP contribution in [0.1, 0.15) is 25.8 Å². The van der Waals surface area contributed by atoms with Crippen LogP contribution in [-0.4, -0.2) is 23.4 Å². The number of nitrogens with zero attached hydrogens (tertiary/aromatic N) is 2. The Morgan fingerprint density at radius 2 is 2.26 bits per heavy atom. The summed E-state index contributed by atoms with van der Waals surface area (Å²) in [5.41, 5.74) is 7.23. The van der Waals surface area contributed by atoms with Gasteiger partial charge in [-0.2, -0.15) is 5.26 Å². The van der Waals surface area contributed by atoms with Gasteiger partial charge in [-0.05, 0) is 37.6 Å². The van der Waals surface area contributed by atoms with Gasteiger partial charge in [-0.15, -0.1) is 0 Å². The predicted molar refractivity (Wildman–Crippen MR) is 77.0 cm³/mol. The molecule has 0 aliphatic rings. The second-order valence-corrected chi connectivity index (χ2v) is 4.54. The van der Waals surface area contributed by atoms with Crippen molar-refractivity contribution in [3.63, 3.8) is 0 Å². The zero-order valence-electron chi connectivity index (χ0n) is 11.3. The van der Waals surface area contributed by atoms with Crippen LogP contribution in [-0.2, 0) is 4.79 Å². The highest BCUT2D eigenvalue weighted by atomic mass is 16.2. The highest BCUT2D eigenvalue weighted by Crippen LogP contribution is 2.09. The molecule has 0 heterocycles. The molecule has 0 bridgehead atoms. The second kappa shape index (κ2) is 7.22. The molecule has 0 aliphatic heterocycles. The summed E-state index contributed by atoms with van der Waals surface area (Å²) in [7, 11) is 0. The summed E-state index contributed by atoms with van der Waals surface area (Å²) in [6.45, 7) is 4.32. The normalized spacial score (nSPS) is 10.6. The van der Waals surface area contributed by atoms with Crippen LogP contribution in [0.5, 0.6) is 0 Å². The molecular weight excluding hydrogens is 238 g/mol. The molecular formula is C15H19N3O. The Hall–Kier alpha value is -2.28. The number of rotatable bonds is 5. The van der Waals surface area contributed by atoms with Crippen LogP contribution < -0.4 is 5.73 Å². The highest BCUT2D eigenvalue weighted by Gasteiger charge is 2.13. The molecule has 4 heteroatoms. The Morgan fingerprint density at radius 3 is 2.84 bits per heavy atom. The SMILES string of the molecule is CC(C)N(CCC#N)C(=O)/C=C/c1cccc(N)c1. The van der Waals surface area contributed by atoms with Gasteiger partial charge in [0.25, 0.3) is 0 Å². The third-order valence-corrected chi connectivity index (χ3v) is 2.70.